The van der Waals surface area contributed by atoms with E-state index in [9.17, 15) is 14.7 Å². The summed E-state index contributed by atoms with van der Waals surface area (Å²) in [6.45, 7) is 9.97. The zero-order valence-electron chi connectivity index (χ0n) is 18.6. The van der Waals surface area contributed by atoms with Crippen molar-refractivity contribution in [3.8, 4) is 0 Å². The van der Waals surface area contributed by atoms with Gasteiger partial charge in [0.25, 0.3) is 0 Å². The first-order valence-electron chi connectivity index (χ1n) is 12.1. The fourth-order valence-electron chi connectivity index (χ4n) is 5.83. The van der Waals surface area contributed by atoms with Crippen LogP contribution in [0.2, 0.25) is 0 Å². The minimum Gasteiger partial charge on any atom is -0.393 e. The highest BCUT2D eigenvalue weighted by molar-refractivity contribution is 5.95. The van der Waals surface area contributed by atoms with Gasteiger partial charge < -0.3 is 20.2 Å². The Morgan fingerprint density at radius 3 is 2.62 bits per heavy atom. The summed E-state index contributed by atoms with van der Waals surface area (Å²) < 4.78 is 0. The second kappa shape index (κ2) is 8.40. The summed E-state index contributed by atoms with van der Waals surface area (Å²) in [6.07, 6.45) is 7.72. The van der Waals surface area contributed by atoms with E-state index < -0.39 is 0 Å². The van der Waals surface area contributed by atoms with Gasteiger partial charge in [-0.25, -0.2) is 4.85 Å². The largest absolute Gasteiger partial charge is 0.393 e. The van der Waals surface area contributed by atoms with Crippen LogP contribution in [-0.2, 0) is 9.59 Å². The number of amides is 2. The molecule has 2 aliphatic heterocycles. The average molecular weight is 437 g/mol. The number of aliphatic hydroxyl groups is 1. The number of hydrogen-bond donors (Lipinski definition) is 2. The molecule has 1 spiro atoms. The second-order valence-corrected chi connectivity index (χ2v) is 10.1. The molecule has 4 fully saturated rings. The Morgan fingerprint density at radius 2 is 1.91 bits per heavy atom. The van der Waals surface area contributed by atoms with Crippen molar-refractivity contribution in [2.75, 3.05) is 29.9 Å². The Morgan fingerprint density at radius 1 is 1.12 bits per heavy atom. The van der Waals surface area contributed by atoms with E-state index in [1.807, 2.05) is 12.1 Å². The fourth-order valence-corrected chi connectivity index (χ4v) is 5.83. The molecule has 2 amide bonds. The van der Waals surface area contributed by atoms with Gasteiger partial charge in [-0.15, -0.1) is 0 Å². The van der Waals surface area contributed by atoms with Gasteiger partial charge >= 0.3 is 0 Å². The molecule has 4 aliphatic rings. The van der Waals surface area contributed by atoms with Crippen LogP contribution >= 0.6 is 0 Å². The third kappa shape index (κ3) is 3.97. The number of carbonyl (C=O) groups is 2. The first-order valence-corrected chi connectivity index (χ1v) is 12.1. The van der Waals surface area contributed by atoms with Crippen LogP contribution in [0.4, 0.5) is 17.1 Å². The zero-order chi connectivity index (χ0) is 22.3. The van der Waals surface area contributed by atoms with Crippen molar-refractivity contribution in [1.29, 1.82) is 0 Å². The number of anilines is 2. The maximum atomic E-state index is 13.6. The van der Waals surface area contributed by atoms with Crippen LogP contribution in [0.25, 0.3) is 4.85 Å². The Balaban J connectivity index is 1.31. The Bertz CT molecular complexity index is 945. The van der Waals surface area contributed by atoms with Crippen LogP contribution in [0.3, 0.4) is 0 Å². The van der Waals surface area contributed by atoms with Gasteiger partial charge in [-0.05, 0) is 76.0 Å². The minimum atomic E-state index is -0.369. The number of nitrogens with zero attached hydrogens (tertiary/aromatic N) is 3. The molecule has 5 rings (SSSR count). The molecule has 2 N–H and O–H groups in total. The molecular weight excluding hydrogens is 404 g/mol. The quantitative estimate of drug-likeness (QED) is 0.706. The zero-order valence-corrected chi connectivity index (χ0v) is 18.6. The molecule has 2 saturated carbocycles. The van der Waals surface area contributed by atoms with Gasteiger partial charge in [-0.2, -0.15) is 0 Å². The van der Waals surface area contributed by atoms with Crippen molar-refractivity contribution in [3.05, 3.63) is 29.6 Å². The van der Waals surface area contributed by atoms with E-state index >= 15 is 0 Å². The summed E-state index contributed by atoms with van der Waals surface area (Å²) in [4.78, 5) is 33.7. The molecule has 1 atom stereocenters. The average Bonchev–Trinajstić information content (AvgIpc) is 3.61. The maximum absolute atomic E-state index is 13.6. The summed E-state index contributed by atoms with van der Waals surface area (Å²) in [5.74, 6) is 0.426. The molecule has 1 aromatic rings. The van der Waals surface area contributed by atoms with E-state index in [2.05, 4.69) is 20.0 Å². The van der Waals surface area contributed by atoms with Crippen molar-refractivity contribution in [3.63, 3.8) is 0 Å². The van der Waals surface area contributed by atoms with Crippen molar-refractivity contribution in [1.82, 2.24) is 4.90 Å². The fraction of sp³-hybridized carbons (Fsp3) is 0.640. The number of benzene rings is 1. The number of carbonyl (C=O) groups excluding carboxylic acids is 2. The molecule has 0 unspecified atom stereocenters. The molecule has 0 aromatic heterocycles. The van der Waals surface area contributed by atoms with E-state index in [1.165, 1.54) is 0 Å². The first kappa shape index (κ1) is 21.3. The van der Waals surface area contributed by atoms with Crippen molar-refractivity contribution >= 4 is 28.9 Å². The summed E-state index contributed by atoms with van der Waals surface area (Å²) in [6, 6.07) is 5.82. The van der Waals surface area contributed by atoms with Crippen LogP contribution in [0.15, 0.2) is 18.2 Å². The lowest BCUT2D eigenvalue weighted by atomic mass is 9.78. The lowest BCUT2D eigenvalue weighted by Crippen LogP contribution is -2.50. The highest BCUT2D eigenvalue weighted by atomic mass is 16.3. The summed E-state index contributed by atoms with van der Waals surface area (Å²) in [5.41, 5.74) is 1.69. The van der Waals surface area contributed by atoms with Gasteiger partial charge in [0, 0.05) is 43.0 Å². The van der Waals surface area contributed by atoms with Crippen LogP contribution < -0.4 is 10.2 Å². The number of piperidine rings is 1. The van der Waals surface area contributed by atoms with Gasteiger partial charge in [0.1, 0.15) is 0 Å². The molecule has 2 saturated heterocycles. The normalized spacial score (nSPS) is 30.4. The lowest BCUT2D eigenvalue weighted by Gasteiger charge is -2.42. The van der Waals surface area contributed by atoms with Crippen LogP contribution in [0.1, 0.15) is 57.8 Å². The Kier molecular flexibility index (Phi) is 5.58. The topological polar surface area (TPSA) is 77.2 Å². The molecule has 32 heavy (non-hydrogen) atoms. The van der Waals surface area contributed by atoms with Crippen LogP contribution in [-0.4, -0.2) is 53.6 Å². The first-order chi connectivity index (χ1) is 15.5. The highest BCUT2D eigenvalue weighted by Gasteiger charge is 2.50. The molecule has 7 heteroatoms. The maximum Gasteiger partial charge on any atom is 0.230 e. The molecule has 0 radical (unpaired) electrons. The Labute approximate surface area is 189 Å². The van der Waals surface area contributed by atoms with Gasteiger partial charge in [-0.3, -0.25) is 9.59 Å². The van der Waals surface area contributed by atoms with Gasteiger partial charge in [0.05, 0.1) is 18.1 Å². The number of rotatable bonds is 4. The van der Waals surface area contributed by atoms with Crippen molar-refractivity contribution in [2.45, 2.75) is 69.9 Å². The second-order valence-electron chi connectivity index (χ2n) is 10.1. The van der Waals surface area contributed by atoms with E-state index in [0.717, 1.165) is 76.6 Å². The summed E-state index contributed by atoms with van der Waals surface area (Å²) in [5, 5.41) is 12.8. The third-order valence-electron chi connectivity index (χ3n) is 7.88. The molecule has 2 aliphatic carbocycles. The minimum absolute atomic E-state index is 0.0393. The SMILES string of the molecule is [C-]#[N+]c1cc(NC(=O)C2CC2)ccc1N1CCC[C@]2(CCN(C3CCC(O)CC3)C2=O)C1. The molecule has 7 nitrogen and oxygen atoms in total. The Hall–Kier alpha value is -2.59. The van der Waals surface area contributed by atoms with E-state index in [0.29, 0.717) is 17.9 Å². The number of nitrogens with one attached hydrogen (secondary N) is 1. The van der Waals surface area contributed by atoms with Crippen molar-refractivity contribution in [2.24, 2.45) is 11.3 Å². The molecule has 2 heterocycles. The van der Waals surface area contributed by atoms with Crippen molar-refractivity contribution < 1.29 is 14.7 Å². The summed E-state index contributed by atoms with van der Waals surface area (Å²) >= 11 is 0. The van der Waals surface area contributed by atoms with E-state index in [-0.39, 0.29) is 35.3 Å². The van der Waals surface area contributed by atoms with Gasteiger partial charge in [0.15, 0.2) is 0 Å². The molecular formula is C25H32N4O3. The molecule has 170 valence electrons. The van der Waals surface area contributed by atoms with Gasteiger partial charge in [-0.1, -0.05) is 0 Å². The lowest BCUT2D eigenvalue weighted by molar-refractivity contribution is -0.139. The third-order valence-corrected chi connectivity index (χ3v) is 7.88. The standard InChI is InChI=1S/C25H32N4O3/c1-26-21-15-18(27-23(31)17-3-4-17)5-10-22(21)28-13-2-11-25(16-28)12-14-29(24(25)32)19-6-8-20(30)9-7-19/h5,10,15,17,19-20,30H,2-4,6-9,11-14,16H2,(H,27,31)/t19?,20?,25-/m0/s1. The highest BCUT2D eigenvalue weighted by Crippen LogP contribution is 2.45. The van der Waals surface area contributed by atoms with E-state index in [4.69, 9.17) is 6.57 Å². The summed E-state index contributed by atoms with van der Waals surface area (Å²) in [7, 11) is 0. The van der Waals surface area contributed by atoms with E-state index in [1.54, 1.807) is 6.07 Å². The molecule has 1 aromatic carbocycles. The monoisotopic (exact) mass is 436 g/mol. The number of aliphatic hydroxyl groups excluding tert-OH is 1. The number of hydrogen-bond acceptors (Lipinski definition) is 4. The van der Waals surface area contributed by atoms with Crippen LogP contribution in [0, 0.1) is 17.9 Å². The predicted molar refractivity (Wildman–Crippen MR) is 123 cm³/mol. The predicted octanol–water partition coefficient (Wildman–Crippen LogP) is 3.71. The van der Waals surface area contributed by atoms with Gasteiger partial charge in [0.2, 0.25) is 17.5 Å². The number of likely N-dealkylation sites (tertiary alicyclic amines) is 1. The smallest absolute Gasteiger partial charge is 0.230 e. The van der Waals surface area contributed by atoms with Crippen LogP contribution in [0.5, 0.6) is 0 Å². The molecule has 0 bridgehead atoms.